The molecule has 1 atom stereocenters. The summed E-state index contributed by atoms with van der Waals surface area (Å²) >= 11 is 0. The van der Waals surface area contributed by atoms with Crippen molar-refractivity contribution in [3.05, 3.63) is 64.7 Å². The molecule has 6 nitrogen and oxygen atoms in total. The van der Waals surface area contributed by atoms with E-state index in [1.54, 1.807) is 17.7 Å². The van der Waals surface area contributed by atoms with E-state index in [0.717, 1.165) is 12.8 Å². The van der Waals surface area contributed by atoms with Crippen LogP contribution in [-0.4, -0.2) is 34.0 Å². The van der Waals surface area contributed by atoms with E-state index in [0.29, 0.717) is 41.1 Å². The van der Waals surface area contributed by atoms with Gasteiger partial charge in [-0.1, -0.05) is 70.4 Å². The minimum atomic E-state index is -0.351. The highest BCUT2D eigenvalue weighted by atomic mass is 16.5. The highest BCUT2D eigenvalue weighted by Gasteiger charge is 2.25. The Morgan fingerprint density at radius 2 is 1.54 bits per heavy atom. The highest BCUT2D eigenvalue weighted by molar-refractivity contribution is 5.79. The van der Waals surface area contributed by atoms with Crippen LogP contribution in [0.3, 0.4) is 0 Å². The van der Waals surface area contributed by atoms with E-state index in [1.807, 2.05) is 61.2 Å². The second kappa shape index (κ2) is 14.6. The van der Waals surface area contributed by atoms with Gasteiger partial charge < -0.3 is 9.64 Å². The van der Waals surface area contributed by atoms with Gasteiger partial charge in [-0.3, -0.25) is 14.2 Å². The van der Waals surface area contributed by atoms with Crippen LogP contribution in [0.5, 0.6) is 5.75 Å². The average Bonchev–Trinajstić information content (AvgIpc) is 2.92. The number of fused-ring (bicyclic) bond motifs is 1. The van der Waals surface area contributed by atoms with Gasteiger partial charge in [0.2, 0.25) is 5.91 Å². The van der Waals surface area contributed by atoms with Crippen LogP contribution in [0, 0.1) is 0 Å². The Morgan fingerprint density at radius 3 is 2.16 bits per heavy atom. The number of ether oxygens (including phenoxy) is 1. The zero-order valence-electron chi connectivity index (χ0n) is 23.0. The van der Waals surface area contributed by atoms with Crippen LogP contribution in [0.25, 0.3) is 16.6 Å². The van der Waals surface area contributed by atoms with Gasteiger partial charge >= 0.3 is 0 Å². The standard InChI is InChI=1S/C31H43N3O3/c1-5-7-8-9-10-11-12-13-14-19-29(35)33(6-2)24(3)30-32-28-18-16-15-17-27(28)31(36)34(30)25-20-22-26(37-4)23-21-25/h15-18,20-24H,5-14,19H2,1-4H3. The number of carbonyl (C=O) groups is 1. The molecule has 6 heteroatoms. The number of rotatable bonds is 15. The van der Waals surface area contributed by atoms with E-state index in [1.165, 1.54) is 44.9 Å². The summed E-state index contributed by atoms with van der Waals surface area (Å²) in [5.41, 5.74) is 1.20. The van der Waals surface area contributed by atoms with Crippen molar-refractivity contribution in [3.63, 3.8) is 0 Å². The first-order chi connectivity index (χ1) is 18.0. The zero-order valence-corrected chi connectivity index (χ0v) is 23.0. The van der Waals surface area contributed by atoms with Crippen LogP contribution in [-0.2, 0) is 4.79 Å². The van der Waals surface area contributed by atoms with Crippen molar-refractivity contribution in [1.29, 1.82) is 0 Å². The lowest BCUT2D eigenvalue weighted by atomic mass is 10.1. The van der Waals surface area contributed by atoms with Gasteiger partial charge in [0.25, 0.3) is 5.56 Å². The van der Waals surface area contributed by atoms with E-state index < -0.39 is 0 Å². The molecule has 1 unspecified atom stereocenters. The molecule has 200 valence electrons. The Bertz CT molecular complexity index is 1190. The molecule has 1 heterocycles. The number of para-hydroxylation sites is 1. The molecule has 1 amide bonds. The van der Waals surface area contributed by atoms with Crippen LogP contribution >= 0.6 is 0 Å². The molecule has 1 aromatic heterocycles. The van der Waals surface area contributed by atoms with Gasteiger partial charge in [-0.2, -0.15) is 0 Å². The molecule has 0 aliphatic rings. The largest absolute Gasteiger partial charge is 0.497 e. The molecule has 0 aliphatic heterocycles. The number of hydrogen-bond donors (Lipinski definition) is 0. The summed E-state index contributed by atoms with van der Waals surface area (Å²) in [6.07, 6.45) is 11.5. The van der Waals surface area contributed by atoms with Crippen molar-refractivity contribution in [1.82, 2.24) is 14.5 Å². The summed E-state index contributed by atoms with van der Waals surface area (Å²) in [5.74, 6) is 1.39. The monoisotopic (exact) mass is 505 g/mol. The number of unbranched alkanes of at least 4 members (excludes halogenated alkanes) is 8. The maximum absolute atomic E-state index is 13.6. The summed E-state index contributed by atoms with van der Waals surface area (Å²) in [7, 11) is 1.62. The number of aromatic nitrogens is 2. The van der Waals surface area contributed by atoms with Gasteiger partial charge in [0, 0.05) is 13.0 Å². The fourth-order valence-corrected chi connectivity index (χ4v) is 4.95. The first-order valence-corrected chi connectivity index (χ1v) is 14.0. The maximum Gasteiger partial charge on any atom is 0.266 e. The molecule has 37 heavy (non-hydrogen) atoms. The Labute approximate surface area is 221 Å². The molecule has 0 radical (unpaired) electrons. The molecule has 3 aromatic rings. The summed E-state index contributed by atoms with van der Waals surface area (Å²) in [5, 5.41) is 0.554. The summed E-state index contributed by atoms with van der Waals surface area (Å²) in [6, 6.07) is 14.4. The van der Waals surface area contributed by atoms with E-state index in [-0.39, 0.29) is 17.5 Å². The first-order valence-electron chi connectivity index (χ1n) is 14.0. The van der Waals surface area contributed by atoms with Gasteiger partial charge in [0.15, 0.2) is 0 Å². The molecule has 0 N–H and O–H groups in total. The molecular weight excluding hydrogens is 462 g/mol. The molecule has 2 aromatic carbocycles. The number of nitrogens with zero attached hydrogens (tertiary/aromatic N) is 3. The topological polar surface area (TPSA) is 64.4 Å². The number of amides is 1. The number of hydrogen-bond acceptors (Lipinski definition) is 4. The number of carbonyl (C=O) groups excluding carboxylic acids is 1. The van der Waals surface area contributed by atoms with E-state index >= 15 is 0 Å². The summed E-state index contributed by atoms with van der Waals surface area (Å²) in [4.78, 5) is 33.6. The molecule has 3 rings (SSSR count). The lowest BCUT2D eigenvalue weighted by Crippen LogP contribution is -2.37. The third-order valence-electron chi connectivity index (χ3n) is 7.13. The minimum absolute atomic E-state index is 0.113. The predicted molar refractivity (Wildman–Crippen MR) is 152 cm³/mol. The van der Waals surface area contributed by atoms with Crippen molar-refractivity contribution in [2.45, 2.75) is 91.0 Å². The van der Waals surface area contributed by atoms with Gasteiger partial charge in [-0.25, -0.2) is 4.98 Å². The molecule has 0 saturated carbocycles. The number of methoxy groups -OCH3 is 1. The molecule has 0 bridgehead atoms. The SMILES string of the molecule is CCCCCCCCCCCC(=O)N(CC)C(C)c1nc2ccccc2c(=O)n1-c1ccc(OC)cc1. The lowest BCUT2D eigenvalue weighted by molar-refractivity contribution is -0.133. The molecule has 0 saturated heterocycles. The lowest BCUT2D eigenvalue weighted by Gasteiger charge is -2.29. The van der Waals surface area contributed by atoms with Crippen LogP contribution in [0.4, 0.5) is 0 Å². The molecule has 0 aliphatic carbocycles. The van der Waals surface area contributed by atoms with Gasteiger partial charge in [0.1, 0.15) is 11.6 Å². The normalized spacial score (nSPS) is 12.0. The highest BCUT2D eigenvalue weighted by Crippen LogP contribution is 2.25. The zero-order chi connectivity index (χ0) is 26.6. The molecule has 0 fully saturated rings. The van der Waals surface area contributed by atoms with Crippen LogP contribution in [0.15, 0.2) is 53.3 Å². The van der Waals surface area contributed by atoms with Gasteiger partial charge in [-0.15, -0.1) is 0 Å². The fourth-order valence-electron chi connectivity index (χ4n) is 4.95. The Morgan fingerprint density at radius 1 is 0.919 bits per heavy atom. The molecule has 0 spiro atoms. The minimum Gasteiger partial charge on any atom is -0.497 e. The van der Waals surface area contributed by atoms with Crippen LogP contribution < -0.4 is 10.3 Å². The summed E-state index contributed by atoms with van der Waals surface area (Å²) < 4.78 is 6.94. The van der Waals surface area contributed by atoms with E-state index in [2.05, 4.69) is 6.92 Å². The number of benzene rings is 2. The van der Waals surface area contributed by atoms with Gasteiger partial charge in [-0.05, 0) is 56.7 Å². The van der Waals surface area contributed by atoms with Crippen LogP contribution in [0.2, 0.25) is 0 Å². The quantitative estimate of drug-likeness (QED) is 0.204. The van der Waals surface area contributed by atoms with Crippen LogP contribution in [0.1, 0.15) is 96.8 Å². The smallest absolute Gasteiger partial charge is 0.266 e. The molecular formula is C31H43N3O3. The Kier molecular flexibility index (Phi) is 11.2. The van der Waals surface area contributed by atoms with Gasteiger partial charge in [0.05, 0.1) is 29.7 Å². The van der Waals surface area contributed by atoms with Crippen molar-refractivity contribution >= 4 is 16.8 Å². The van der Waals surface area contributed by atoms with Crippen molar-refractivity contribution in [2.24, 2.45) is 0 Å². The second-order valence-electron chi connectivity index (χ2n) is 9.76. The average molecular weight is 506 g/mol. The van der Waals surface area contributed by atoms with Crippen molar-refractivity contribution in [2.75, 3.05) is 13.7 Å². The predicted octanol–water partition coefficient (Wildman–Crippen LogP) is 7.22. The Hall–Kier alpha value is -3.15. The summed E-state index contributed by atoms with van der Waals surface area (Å²) in [6.45, 7) is 6.75. The fraction of sp³-hybridized carbons (Fsp3) is 0.516. The Balaban J connectivity index is 1.77. The van der Waals surface area contributed by atoms with E-state index in [4.69, 9.17) is 9.72 Å². The third kappa shape index (κ3) is 7.43. The van der Waals surface area contributed by atoms with Crippen molar-refractivity contribution < 1.29 is 9.53 Å². The maximum atomic E-state index is 13.6. The first kappa shape index (κ1) is 28.4. The second-order valence-corrected chi connectivity index (χ2v) is 9.76. The third-order valence-corrected chi connectivity index (χ3v) is 7.13. The van der Waals surface area contributed by atoms with Crippen molar-refractivity contribution in [3.8, 4) is 11.4 Å². The van der Waals surface area contributed by atoms with E-state index in [9.17, 15) is 9.59 Å².